The molecule has 0 aromatic heterocycles. The molecule has 0 aliphatic heterocycles. The number of rotatable bonds is 5. The first-order valence-corrected chi connectivity index (χ1v) is 7.68. The molecule has 1 N–H and O–H groups in total. The molecule has 0 amide bonds. The van der Waals surface area contributed by atoms with Crippen LogP contribution in [0.4, 0.5) is 0 Å². The molecule has 2 aromatic carbocycles. The highest BCUT2D eigenvalue weighted by molar-refractivity contribution is 9.10. The zero-order valence-corrected chi connectivity index (χ0v) is 12.9. The normalized spacial score (nSPS) is 12.2. The smallest absolute Gasteiger partial charge is 0.124 e. The van der Waals surface area contributed by atoms with E-state index in [0.717, 1.165) is 20.7 Å². The van der Waals surface area contributed by atoms with Crippen molar-refractivity contribution in [2.24, 2.45) is 0 Å². The monoisotopic (exact) mass is 338 g/mol. The minimum absolute atomic E-state index is 0.542. The number of ether oxygens (including phenoxy) is 1. The summed E-state index contributed by atoms with van der Waals surface area (Å²) in [4.78, 5) is 1.13. The number of methoxy groups -OCH3 is 1. The first kappa shape index (κ1) is 14.4. The minimum Gasteiger partial charge on any atom is -0.496 e. The second-order valence-electron chi connectivity index (χ2n) is 4.03. The molecule has 0 bridgehead atoms. The van der Waals surface area contributed by atoms with Crippen LogP contribution in [0.1, 0.15) is 11.7 Å². The summed E-state index contributed by atoms with van der Waals surface area (Å²) >= 11 is 5.06. The van der Waals surface area contributed by atoms with Gasteiger partial charge in [0.1, 0.15) is 5.75 Å². The van der Waals surface area contributed by atoms with Crippen molar-refractivity contribution in [3.8, 4) is 5.75 Å². The molecular weight excluding hydrogens is 324 g/mol. The highest BCUT2D eigenvalue weighted by Crippen LogP contribution is 2.30. The van der Waals surface area contributed by atoms with Gasteiger partial charge in [0, 0.05) is 20.7 Å². The highest BCUT2D eigenvalue weighted by Gasteiger charge is 2.12. The number of hydrogen-bond donors (Lipinski definition) is 1. The Balaban J connectivity index is 2.03. The van der Waals surface area contributed by atoms with Crippen LogP contribution in [0.5, 0.6) is 5.75 Å². The van der Waals surface area contributed by atoms with Gasteiger partial charge in [-0.05, 0) is 24.3 Å². The molecular formula is C15H15BrO2S. The van der Waals surface area contributed by atoms with Crippen LogP contribution in [0, 0.1) is 0 Å². The molecule has 2 rings (SSSR count). The lowest BCUT2D eigenvalue weighted by Crippen LogP contribution is -2.03. The second-order valence-corrected chi connectivity index (χ2v) is 6.04. The molecule has 0 saturated carbocycles. The van der Waals surface area contributed by atoms with Crippen LogP contribution < -0.4 is 4.74 Å². The van der Waals surface area contributed by atoms with Crippen LogP contribution in [0.15, 0.2) is 57.9 Å². The Morgan fingerprint density at radius 2 is 2.00 bits per heavy atom. The number of halogens is 1. The molecule has 0 fully saturated rings. The largest absolute Gasteiger partial charge is 0.496 e. The topological polar surface area (TPSA) is 29.5 Å². The van der Waals surface area contributed by atoms with Crippen molar-refractivity contribution in [1.82, 2.24) is 0 Å². The Hall–Kier alpha value is -0.970. The van der Waals surface area contributed by atoms with Crippen LogP contribution >= 0.6 is 27.7 Å². The number of hydrogen-bond acceptors (Lipinski definition) is 3. The van der Waals surface area contributed by atoms with Crippen molar-refractivity contribution in [2.75, 3.05) is 12.9 Å². The Labute approximate surface area is 125 Å². The van der Waals surface area contributed by atoms with Gasteiger partial charge in [-0.3, -0.25) is 0 Å². The quantitative estimate of drug-likeness (QED) is 0.825. The summed E-state index contributed by atoms with van der Waals surface area (Å²) in [6, 6.07) is 15.6. The number of para-hydroxylation sites is 1. The molecule has 0 radical (unpaired) electrons. The van der Waals surface area contributed by atoms with Crippen LogP contribution in [-0.4, -0.2) is 18.0 Å². The third-order valence-corrected chi connectivity index (χ3v) is 4.26. The Kier molecular flexibility index (Phi) is 5.31. The maximum Gasteiger partial charge on any atom is 0.124 e. The van der Waals surface area contributed by atoms with Crippen molar-refractivity contribution < 1.29 is 9.84 Å². The molecule has 100 valence electrons. The number of aliphatic hydroxyl groups is 1. The van der Waals surface area contributed by atoms with Gasteiger partial charge in [-0.25, -0.2) is 0 Å². The summed E-state index contributed by atoms with van der Waals surface area (Å²) in [5.41, 5.74) is 0.826. The van der Waals surface area contributed by atoms with E-state index in [1.165, 1.54) is 0 Å². The highest BCUT2D eigenvalue weighted by atomic mass is 79.9. The standard InChI is InChI=1S/C15H15BrO2S/c1-18-15-8-3-2-7-13(15)14(17)10-19-12-6-4-5-11(16)9-12/h2-9,14,17H,10H2,1H3. The predicted octanol–water partition coefficient (Wildman–Crippen LogP) is 4.28. The SMILES string of the molecule is COc1ccccc1C(O)CSc1cccc(Br)c1. The average Bonchev–Trinajstić information content (AvgIpc) is 2.45. The summed E-state index contributed by atoms with van der Waals surface area (Å²) in [7, 11) is 1.62. The van der Waals surface area contributed by atoms with E-state index in [0.29, 0.717) is 5.75 Å². The van der Waals surface area contributed by atoms with Crippen LogP contribution in [0.25, 0.3) is 0 Å². The lowest BCUT2D eigenvalue weighted by molar-refractivity contribution is 0.199. The molecule has 0 aliphatic rings. The Morgan fingerprint density at radius 1 is 1.21 bits per heavy atom. The molecule has 0 spiro atoms. The molecule has 0 aliphatic carbocycles. The third-order valence-electron chi connectivity index (χ3n) is 2.70. The lowest BCUT2D eigenvalue weighted by atomic mass is 10.1. The summed E-state index contributed by atoms with van der Waals surface area (Å²) in [5.74, 6) is 1.32. The molecule has 2 aromatic rings. The molecule has 4 heteroatoms. The number of thioether (sulfide) groups is 1. The molecule has 2 nitrogen and oxygen atoms in total. The van der Waals surface area contributed by atoms with E-state index < -0.39 is 6.10 Å². The van der Waals surface area contributed by atoms with Gasteiger partial charge in [0.2, 0.25) is 0 Å². The summed E-state index contributed by atoms with van der Waals surface area (Å²) in [6.45, 7) is 0. The third kappa shape index (κ3) is 4.00. The molecule has 1 atom stereocenters. The van der Waals surface area contributed by atoms with E-state index >= 15 is 0 Å². The molecule has 0 saturated heterocycles. The van der Waals surface area contributed by atoms with E-state index in [2.05, 4.69) is 15.9 Å². The Morgan fingerprint density at radius 3 is 2.74 bits per heavy atom. The van der Waals surface area contributed by atoms with Crippen LogP contribution in [0.2, 0.25) is 0 Å². The first-order chi connectivity index (χ1) is 9.20. The predicted molar refractivity (Wildman–Crippen MR) is 82.8 cm³/mol. The van der Waals surface area contributed by atoms with E-state index in [1.54, 1.807) is 18.9 Å². The number of benzene rings is 2. The fourth-order valence-corrected chi connectivity index (χ4v) is 3.23. The minimum atomic E-state index is -0.542. The fraction of sp³-hybridized carbons (Fsp3) is 0.200. The maximum absolute atomic E-state index is 10.3. The second kappa shape index (κ2) is 6.98. The van der Waals surface area contributed by atoms with E-state index in [4.69, 9.17) is 4.74 Å². The van der Waals surface area contributed by atoms with Crippen LogP contribution in [-0.2, 0) is 0 Å². The zero-order chi connectivity index (χ0) is 13.7. The van der Waals surface area contributed by atoms with Gasteiger partial charge in [0.05, 0.1) is 13.2 Å². The first-order valence-electron chi connectivity index (χ1n) is 5.90. The van der Waals surface area contributed by atoms with Gasteiger partial charge in [-0.2, -0.15) is 0 Å². The van der Waals surface area contributed by atoms with Gasteiger partial charge in [-0.15, -0.1) is 11.8 Å². The molecule has 0 heterocycles. The van der Waals surface area contributed by atoms with Crippen molar-refractivity contribution >= 4 is 27.7 Å². The van der Waals surface area contributed by atoms with Gasteiger partial charge in [0.25, 0.3) is 0 Å². The summed E-state index contributed by atoms with van der Waals surface area (Å²) < 4.78 is 6.31. The van der Waals surface area contributed by atoms with Crippen LogP contribution in [0.3, 0.4) is 0 Å². The van der Waals surface area contributed by atoms with Gasteiger partial charge in [0.15, 0.2) is 0 Å². The fourth-order valence-electron chi connectivity index (χ4n) is 1.76. The maximum atomic E-state index is 10.3. The van der Waals surface area contributed by atoms with Gasteiger partial charge in [-0.1, -0.05) is 40.2 Å². The lowest BCUT2D eigenvalue weighted by Gasteiger charge is -2.14. The average molecular weight is 339 g/mol. The Bertz CT molecular complexity index is 545. The number of aliphatic hydroxyl groups excluding tert-OH is 1. The van der Waals surface area contributed by atoms with E-state index in [1.807, 2.05) is 48.5 Å². The van der Waals surface area contributed by atoms with Gasteiger partial charge >= 0.3 is 0 Å². The summed E-state index contributed by atoms with van der Waals surface area (Å²) in [6.07, 6.45) is -0.542. The van der Waals surface area contributed by atoms with Gasteiger partial charge < -0.3 is 9.84 Å². The van der Waals surface area contributed by atoms with Crippen molar-refractivity contribution in [3.63, 3.8) is 0 Å². The van der Waals surface area contributed by atoms with E-state index in [-0.39, 0.29) is 0 Å². The van der Waals surface area contributed by atoms with Crippen molar-refractivity contribution in [3.05, 3.63) is 58.6 Å². The van der Waals surface area contributed by atoms with Crippen molar-refractivity contribution in [2.45, 2.75) is 11.0 Å². The van der Waals surface area contributed by atoms with E-state index in [9.17, 15) is 5.11 Å². The van der Waals surface area contributed by atoms with Crippen molar-refractivity contribution in [1.29, 1.82) is 0 Å². The molecule has 1 unspecified atom stereocenters. The zero-order valence-electron chi connectivity index (χ0n) is 10.5. The summed E-state index contributed by atoms with van der Waals surface area (Å²) in [5, 5.41) is 10.3. The molecule has 19 heavy (non-hydrogen) atoms.